The van der Waals surface area contributed by atoms with E-state index in [9.17, 15) is 20.0 Å². The Morgan fingerprint density at radius 2 is 1.83 bits per heavy atom. The van der Waals surface area contributed by atoms with E-state index in [-0.39, 0.29) is 18.0 Å². The Morgan fingerprint density at radius 3 is 2.52 bits per heavy atom. The maximum atomic E-state index is 11.3. The number of nitro benzene ring substituents is 1. The molecule has 2 aromatic carbocycles. The van der Waals surface area contributed by atoms with E-state index in [0.29, 0.717) is 33.8 Å². The molecule has 0 saturated heterocycles. The summed E-state index contributed by atoms with van der Waals surface area (Å²) in [6.07, 6.45) is 1.27. The van der Waals surface area contributed by atoms with Crippen LogP contribution in [0.1, 0.15) is 18.1 Å². The number of fused-ring (bicyclic) bond motifs is 1. The van der Waals surface area contributed by atoms with Crippen molar-refractivity contribution in [3.63, 3.8) is 0 Å². The fourth-order valence-corrected chi connectivity index (χ4v) is 2.87. The van der Waals surface area contributed by atoms with Gasteiger partial charge in [-0.1, -0.05) is 12.1 Å². The van der Waals surface area contributed by atoms with Crippen molar-refractivity contribution in [1.29, 1.82) is 0 Å². The van der Waals surface area contributed by atoms with Gasteiger partial charge in [0.1, 0.15) is 17.0 Å². The number of hydrogen-bond donors (Lipinski definition) is 1. The van der Waals surface area contributed by atoms with Gasteiger partial charge in [0.05, 0.1) is 11.3 Å². The summed E-state index contributed by atoms with van der Waals surface area (Å²) in [5, 5.41) is 20.0. The molecule has 0 aliphatic rings. The number of para-hydroxylation sites is 2. The summed E-state index contributed by atoms with van der Waals surface area (Å²) in [6, 6.07) is 16.5. The molecule has 2 heterocycles. The number of nitrogens with zero attached hydrogens (tertiary/aromatic N) is 2. The van der Waals surface area contributed by atoms with E-state index in [0.717, 1.165) is 0 Å². The van der Waals surface area contributed by atoms with Crippen LogP contribution in [-0.4, -0.2) is 21.0 Å². The molecule has 29 heavy (non-hydrogen) atoms. The molecule has 4 aromatic rings. The van der Waals surface area contributed by atoms with Crippen molar-refractivity contribution >= 4 is 34.4 Å². The number of carbonyl (C=O) groups is 1. The minimum Gasteiger partial charge on any atom is -0.481 e. The minimum absolute atomic E-state index is 0.0138. The zero-order chi connectivity index (χ0) is 20.4. The van der Waals surface area contributed by atoms with Gasteiger partial charge in [0.2, 0.25) is 5.89 Å². The SMILES string of the molecule is O=C(O)C/C(=C\c1ccc(-c2ccc([N+](=O)[O-])cc2)o1)c1nc2ccccc2o1. The standard InChI is InChI=1S/C21H14N2O6/c24-20(25)12-14(21-22-17-3-1-2-4-19(17)29-21)11-16-9-10-18(28-16)13-5-7-15(8-6-13)23(26)27/h1-11H,12H2,(H,24,25)/b14-11+. The topological polar surface area (TPSA) is 120 Å². The summed E-state index contributed by atoms with van der Waals surface area (Å²) in [5.74, 6) is 0.0952. The first-order valence-corrected chi connectivity index (χ1v) is 8.62. The Hall–Kier alpha value is -4.20. The lowest BCUT2D eigenvalue weighted by atomic mass is 10.1. The third-order valence-corrected chi connectivity index (χ3v) is 4.22. The Bertz CT molecular complexity index is 1200. The minimum atomic E-state index is -1.03. The maximum Gasteiger partial charge on any atom is 0.308 e. The summed E-state index contributed by atoms with van der Waals surface area (Å²) in [6.45, 7) is 0. The second-order valence-electron chi connectivity index (χ2n) is 6.23. The second-order valence-corrected chi connectivity index (χ2v) is 6.23. The molecule has 0 aliphatic carbocycles. The second kappa shape index (κ2) is 7.43. The van der Waals surface area contributed by atoms with Gasteiger partial charge in [0, 0.05) is 23.3 Å². The van der Waals surface area contributed by atoms with Crippen LogP contribution in [0.4, 0.5) is 5.69 Å². The van der Waals surface area contributed by atoms with Crippen molar-refractivity contribution in [2.45, 2.75) is 6.42 Å². The number of benzene rings is 2. The molecule has 1 N–H and O–H groups in total. The van der Waals surface area contributed by atoms with E-state index in [4.69, 9.17) is 8.83 Å². The number of non-ortho nitro benzene ring substituents is 1. The predicted octanol–water partition coefficient (Wildman–Crippen LogP) is 5.01. The summed E-state index contributed by atoms with van der Waals surface area (Å²) in [7, 11) is 0. The molecule has 0 spiro atoms. The average Bonchev–Trinajstić information content (AvgIpc) is 3.34. The molecule has 0 radical (unpaired) electrons. The third kappa shape index (κ3) is 3.91. The van der Waals surface area contributed by atoms with Gasteiger partial charge in [-0.05, 0) is 42.5 Å². The van der Waals surface area contributed by atoms with E-state index >= 15 is 0 Å². The monoisotopic (exact) mass is 390 g/mol. The van der Waals surface area contributed by atoms with Gasteiger partial charge < -0.3 is 13.9 Å². The molecule has 4 rings (SSSR count). The van der Waals surface area contributed by atoms with Crippen molar-refractivity contribution < 1.29 is 23.7 Å². The highest BCUT2D eigenvalue weighted by Gasteiger charge is 2.16. The lowest BCUT2D eigenvalue weighted by Gasteiger charge is -1.99. The normalized spacial score (nSPS) is 11.7. The zero-order valence-corrected chi connectivity index (χ0v) is 14.9. The number of furan rings is 1. The molecule has 0 bridgehead atoms. The Labute approximate surface area is 163 Å². The molecule has 0 atom stereocenters. The van der Waals surface area contributed by atoms with Crippen LogP contribution in [0.5, 0.6) is 0 Å². The first-order chi connectivity index (χ1) is 14.0. The average molecular weight is 390 g/mol. The van der Waals surface area contributed by atoms with Gasteiger partial charge in [-0.25, -0.2) is 4.98 Å². The number of oxazole rings is 1. The number of carboxylic acids is 1. The van der Waals surface area contributed by atoms with Gasteiger partial charge in [0.25, 0.3) is 5.69 Å². The summed E-state index contributed by atoms with van der Waals surface area (Å²) >= 11 is 0. The van der Waals surface area contributed by atoms with Crippen molar-refractivity contribution in [1.82, 2.24) is 4.98 Å². The Kier molecular flexibility index (Phi) is 4.66. The lowest BCUT2D eigenvalue weighted by Crippen LogP contribution is -1.97. The van der Waals surface area contributed by atoms with Crippen molar-refractivity contribution in [3.8, 4) is 11.3 Å². The Morgan fingerprint density at radius 1 is 1.07 bits per heavy atom. The molecule has 0 aliphatic heterocycles. The molecule has 8 heteroatoms. The largest absolute Gasteiger partial charge is 0.481 e. The maximum absolute atomic E-state index is 11.3. The molecule has 0 unspecified atom stereocenters. The van der Waals surface area contributed by atoms with E-state index in [1.165, 1.54) is 12.1 Å². The first kappa shape index (κ1) is 18.2. The van der Waals surface area contributed by atoms with Crippen LogP contribution in [0.2, 0.25) is 0 Å². The fourth-order valence-electron chi connectivity index (χ4n) is 2.87. The van der Waals surface area contributed by atoms with Crippen LogP contribution in [0.15, 0.2) is 69.5 Å². The number of aromatic nitrogens is 1. The molecule has 0 fully saturated rings. The van der Waals surface area contributed by atoms with E-state index in [2.05, 4.69) is 4.98 Å². The van der Waals surface area contributed by atoms with Crippen LogP contribution in [0.25, 0.3) is 34.1 Å². The van der Waals surface area contributed by atoms with Crippen molar-refractivity contribution in [3.05, 3.63) is 82.4 Å². The van der Waals surface area contributed by atoms with Crippen LogP contribution in [-0.2, 0) is 4.79 Å². The van der Waals surface area contributed by atoms with Crippen molar-refractivity contribution in [2.75, 3.05) is 0 Å². The van der Waals surface area contributed by atoms with Crippen LogP contribution < -0.4 is 0 Å². The highest BCUT2D eigenvalue weighted by atomic mass is 16.6. The van der Waals surface area contributed by atoms with Gasteiger partial charge in [0.15, 0.2) is 5.58 Å². The number of aliphatic carboxylic acids is 1. The van der Waals surface area contributed by atoms with Crippen LogP contribution in [0.3, 0.4) is 0 Å². The number of rotatable bonds is 6. The van der Waals surface area contributed by atoms with Gasteiger partial charge >= 0.3 is 5.97 Å². The van der Waals surface area contributed by atoms with E-state index in [1.807, 2.05) is 6.07 Å². The van der Waals surface area contributed by atoms with Crippen LogP contribution in [0, 0.1) is 10.1 Å². The fraction of sp³-hybridized carbons (Fsp3) is 0.0476. The summed E-state index contributed by atoms with van der Waals surface area (Å²) in [5.41, 5.74) is 2.20. The summed E-state index contributed by atoms with van der Waals surface area (Å²) in [4.78, 5) is 26.0. The number of hydrogen-bond acceptors (Lipinski definition) is 6. The number of carboxylic acid groups (broad SMARTS) is 1. The molecule has 8 nitrogen and oxygen atoms in total. The van der Waals surface area contributed by atoms with E-state index in [1.54, 1.807) is 48.5 Å². The quantitative estimate of drug-likeness (QED) is 0.363. The third-order valence-electron chi connectivity index (χ3n) is 4.22. The predicted molar refractivity (Wildman–Crippen MR) is 105 cm³/mol. The highest BCUT2D eigenvalue weighted by Crippen LogP contribution is 2.29. The molecule has 0 saturated carbocycles. The molecule has 2 aromatic heterocycles. The highest BCUT2D eigenvalue weighted by molar-refractivity contribution is 5.90. The first-order valence-electron chi connectivity index (χ1n) is 8.62. The van der Waals surface area contributed by atoms with Crippen molar-refractivity contribution in [2.24, 2.45) is 0 Å². The van der Waals surface area contributed by atoms with Gasteiger partial charge in [-0.2, -0.15) is 0 Å². The molecular weight excluding hydrogens is 376 g/mol. The summed E-state index contributed by atoms with van der Waals surface area (Å²) < 4.78 is 11.5. The number of nitro groups is 1. The zero-order valence-electron chi connectivity index (χ0n) is 14.9. The van der Waals surface area contributed by atoms with Gasteiger partial charge in [-0.15, -0.1) is 0 Å². The Balaban J connectivity index is 1.67. The van der Waals surface area contributed by atoms with Gasteiger partial charge in [-0.3, -0.25) is 14.9 Å². The molecular formula is C21H14N2O6. The van der Waals surface area contributed by atoms with E-state index < -0.39 is 10.9 Å². The smallest absolute Gasteiger partial charge is 0.308 e. The molecule has 0 amide bonds. The molecule has 144 valence electrons. The lowest BCUT2D eigenvalue weighted by molar-refractivity contribution is -0.384. The van der Waals surface area contributed by atoms with Crippen LogP contribution >= 0.6 is 0 Å².